The van der Waals surface area contributed by atoms with Crippen LogP contribution in [0.4, 0.5) is 0 Å². The van der Waals surface area contributed by atoms with E-state index in [1.807, 2.05) is 0 Å². The maximum atomic E-state index is 9.34. The third kappa shape index (κ3) is 0.775. The summed E-state index contributed by atoms with van der Waals surface area (Å²) in [5.41, 5.74) is 0. The molecule has 0 bridgehead atoms. The normalized spacial score (nSPS) is 49.7. The maximum absolute atomic E-state index is 9.34. The van der Waals surface area contributed by atoms with E-state index in [1.54, 1.807) is 0 Å². The standard InChI is InChI=1S/C7H13NO/c9-6-2-1-5-3-4-8-7(5)6/h5-9H,1-4H2/t5?,6-,7?/m1/s1. The summed E-state index contributed by atoms with van der Waals surface area (Å²) in [5.74, 6) is 0.792. The second kappa shape index (κ2) is 1.96. The molecular formula is C7H13NO. The highest BCUT2D eigenvalue weighted by Crippen LogP contribution is 2.31. The highest BCUT2D eigenvalue weighted by atomic mass is 16.3. The summed E-state index contributed by atoms with van der Waals surface area (Å²) in [6.07, 6.45) is 3.49. The first-order chi connectivity index (χ1) is 4.38. The van der Waals surface area contributed by atoms with Gasteiger partial charge in [-0.05, 0) is 31.7 Å². The Morgan fingerprint density at radius 2 is 2.11 bits per heavy atom. The van der Waals surface area contributed by atoms with E-state index >= 15 is 0 Å². The van der Waals surface area contributed by atoms with Crippen molar-refractivity contribution in [2.24, 2.45) is 5.92 Å². The molecule has 2 nitrogen and oxygen atoms in total. The molecule has 1 aliphatic heterocycles. The monoisotopic (exact) mass is 127 g/mol. The van der Waals surface area contributed by atoms with Gasteiger partial charge in [-0.15, -0.1) is 0 Å². The van der Waals surface area contributed by atoms with Gasteiger partial charge in [-0.25, -0.2) is 0 Å². The van der Waals surface area contributed by atoms with Crippen molar-refractivity contribution in [2.45, 2.75) is 31.4 Å². The van der Waals surface area contributed by atoms with Crippen molar-refractivity contribution in [1.82, 2.24) is 5.32 Å². The molecule has 2 aliphatic rings. The minimum Gasteiger partial charge on any atom is -0.391 e. The van der Waals surface area contributed by atoms with Crippen molar-refractivity contribution in [2.75, 3.05) is 6.54 Å². The third-order valence-electron chi connectivity index (χ3n) is 2.65. The molecule has 2 fully saturated rings. The zero-order chi connectivity index (χ0) is 6.27. The third-order valence-corrected chi connectivity index (χ3v) is 2.65. The largest absolute Gasteiger partial charge is 0.391 e. The number of hydrogen-bond donors (Lipinski definition) is 2. The van der Waals surface area contributed by atoms with E-state index in [0.717, 1.165) is 18.9 Å². The van der Waals surface area contributed by atoms with Crippen LogP contribution in [0.2, 0.25) is 0 Å². The van der Waals surface area contributed by atoms with Gasteiger partial charge in [-0.2, -0.15) is 0 Å². The van der Waals surface area contributed by atoms with E-state index in [0.29, 0.717) is 6.04 Å². The van der Waals surface area contributed by atoms with Crippen LogP contribution in [-0.2, 0) is 0 Å². The second-order valence-corrected chi connectivity index (χ2v) is 3.17. The summed E-state index contributed by atoms with van der Waals surface area (Å²) in [6, 6.07) is 0.449. The lowest BCUT2D eigenvalue weighted by molar-refractivity contribution is 0.151. The maximum Gasteiger partial charge on any atom is 0.0696 e. The molecule has 2 N–H and O–H groups in total. The fraction of sp³-hybridized carbons (Fsp3) is 1.00. The fourth-order valence-electron chi connectivity index (χ4n) is 2.12. The lowest BCUT2D eigenvalue weighted by atomic mass is 10.0. The Kier molecular flexibility index (Phi) is 1.24. The Hall–Kier alpha value is -0.0800. The smallest absolute Gasteiger partial charge is 0.0696 e. The van der Waals surface area contributed by atoms with Gasteiger partial charge in [0.05, 0.1) is 6.10 Å². The van der Waals surface area contributed by atoms with Crippen LogP contribution in [0.15, 0.2) is 0 Å². The molecule has 0 aromatic carbocycles. The molecule has 1 heterocycles. The number of aliphatic hydroxyl groups excluding tert-OH is 1. The van der Waals surface area contributed by atoms with Crippen molar-refractivity contribution in [3.05, 3.63) is 0 Å². The van der Waals surface area contributed by atoms with E-state index in [4.69, 9.17) is 0 Å². The zero-order valence-electron chi connectivity index (χ0n) is 5.51. The topological polar surface area (TPSA) is 32.3 Å². The van der Waals surface area contributed by atoms with Crippen molar-refractivity contribution in [3.8, 4) is 0 Å². The number of nitrogens with one attached hydrogen (secondary N) is 1. The molecule has 1 aliphatic carbocycles. The SMILES string of the molecule is O[C@@H]1CCC2CCNC21. The van der Waals surface area contributed by atoms with Gasteiger partial charge in [0.25, 0.3) is 0 Å². The molecule has 0 radical (unpaired) electrons. The van der Waals surface area contributed by atoms with Crippen LogP contribution in [0.25, 0.3) is 0 Å². The van der Waals surface area contributed by atoms with Gasteiger partial charge < -0.3 is 10.4 Å². The lowest BCUT2D eigenvalue weighted by Gasteiger charge is -2.11. The van der Waals surface area contributed by atoms with Crippen LogP contribution in [0.1, 0.15) is 19.3 Å². The summed E-state index contributed by atoms with van der Waals surface area (Å²) in [6.45, 7) is 1.12. The van der Waals surface area contributed by atoms with Crippen molar-refractivity contribution in [3.63, 3.8) is 0 Å². The summed E-state index contributed by atoms with van der Waals surface area (Å²) in [5, 5.41) is 12.7. The van der Waals surface area contributed by atoms with Gasteiger partial charge in [0.15, 0.2) is 0 Å². The van der Waals surface area contributed by atoms with Crippen molar-refractivity contribution < 1.29 is 5.11 Å². The predicted octanol–water partition coefficient (Wildman–Crippen LogP) is 0.119. The average molecular weight is 127 g/mol. The molecule has 0 aromatic rings. The Morgan fingerprint density at radius 3 is 2.89 bits per heavy atom. The predicted molar refractivity (Wildman–Crippen MR) is 35.1 cm³/mol. The first kappa shape index (κ1) is 5.69. The van der Waals surface area contributed by atoms with Crippen LogP contribution in [0, 0.1) is 5.92 Å². The van der Waals surface area contributed by atoms with Crippen LogP contribution in [0.3, 0.4) is 0 Å². The van der Waals surface area contributed by atoms with Crippen molar-refractivity contribution >= 4 is 0 Å². The molecule has 2 unspecified atom stereocenters. The molecule has 52 valence electrons. The number of hydrogen-bond acceptors (Lipinski definition) is 2. The zero-order valence-corrected chi connectivity index (χ0v) is 5.51. The average Bonchev–Trinajstić information content (AvgIpc) is 2.35. The Morgan fingerprint density at radius 1 is 1.22 bits per heavy atom. The Bertz CT molecular complexity index is 115. The van der Waals surface area contributed by atoms with Gasteiger partial charge >= 0.3 is 0 Å². The highest BCUT2D eigenvalue weighted by Gasteiger charge is 2.37. The minimum atomic E-state index is -0.0440. The molecule has 3 atom stereocenters. The molecule has 0 aromatic heterocycles. The molecule has 2 heteroatoms. The first-order valence-corrected chi connectivity index (χ1v) is 3.79. The molecule has 2 rings (SSSR count). The minimum absolute atomic E-state index is 0.0440. The van der Waals surface area contributed by atoms with E-state index in [9.17, 15) is 5.11 Å². The Balaban J connectivity index is 2.07. The highest BCUT2D eigenvalue weighted by molar-refractivity contribution is 4.94. The number of rotatable bonds is 0. The number of aliphatic hydroxyl groups is 1. The quantitative estimate of drug-likeness (QED) is 0.484. The molecule has 0 spiro atoms. The van der Waals surface area contributed by atoms with Crippen LogP contribution < -0.4 is 5.32 Å². The van der Waals surface area contributed by atoms with E-state index in [-0.39, 0.29) is 6.10 Å². The first-order valence-electron chi connectivity index (χ1n) is 3.79. The summed E-state index contributed by atoms with van der Waals surface area (Å²) in [7, 11) is 0. The van der Waals surface area contributed by atoms with E-state index in [1.165, 1.54) is 12.8 Å². The Labute approximate surface area is 55.3 Å². The van der Waals surface area contributed by atoms with Gasteiger partial charge in [0.1, 0.15) is 0 Å². The molecule has 1 saturated carbocycles. The molecule has 9 heavy (non-hydrogen) atoms. The molecule has 0 amide bonds. The molecule has 1 saturated heterocycles. The van der Waals surface area contributed by atoms with Crippen molar-refractivity contribution in [1.29, 1.82) is 0 Å². The van der Waals surface area contributed by atoms with Gasteiger partial charge in [0.2, 0.25) is 0 Å². The second-order valence-electron chi connectivity index (χ2n) is 3.17. The van der Waals surface area contributed by atoms with Gasteiger partial charge in [-0.1, -0.05) is 0 Å². The van der Waals surface area contributed by atoms with E-state index < -0.39 is 0 Å². The van der Waals surface area contributed by atoms with Gasteiger partial charge in [-0.3, -0.25) is 0 Å². The van der Waals surface area contributed by atoms with E-state index in [2.05, 4.69) is 5.32 Å². The molecular weight excluding hydrogens is 114 g/mol. The fourth-order valence-corrected chi connectivity index (χ4v) is 2.12. The number of fused-ring (bicyclic) bond motifs is 1. The summed E-state index contributed by atoms with van der Waals surface area (Å²) >= 11 is 0. The summed E-state index contributed by atoms with van der Waals surface area (Å²) < 4.78 is 0. The van der Waals surface area contributed by atoms with Gasteiger partial charge in [0, 0.05) is 6.04 Å². The van der Waals surface area contributed by atoms with Crippen LogP contribution in [0.5, 0.6) is 0 Å². The lowest BCUT2D eigenvalue weighted by Crippen LogP contribution is -2.33. The summed E-state index contributed by atoms with van der Waals surface area (Å²) in [4.78, 5) is 0. The van der Waals surface area contributed by atoms with Crippen LogP contribution >= 0.6 is 0 Å². The van der Waals surface area contributed by atoms with Crippen LogP contribution in [-0.4, -0.2) is 23.8 Å².